The van der Waals surface area contributed by atoms with E-state index >= 15 is 0 Å². The van der Waals surface area contributed by atoms with Gasteiger partial charge < -0.3 is 13.9 Å². The van der Waals surface area contributed by atoms with Crippen molar-refractivity contribution >= 4 is 52.7 Å². The molecule has 0 radical (unpaired) electrons. The molecular formula is C31H36ClN3O2S2. The van der Waals surface area contributed by atoms with Crippen LogP contribution in [0.15, 0.2) is 66.7 Å². The van der Waals surface area contributed by atoms with Crippen molar-refractivity contribution in [1.82, 2.24) is 9.13 Å². The number of imidazole rings is 1. The topological polar surface area (TPSA) is 60.0 Å². The number of halogens is 1. The van der Waals surface area contributed by atoms with Gasteiger partial charge in [0.2, 0.25) is 5.62 Å². The first-order valence-electron chi connectivity index (χ1n) is 12.9. The van der Waals surface area contributed by atoms with Crippen molar-refractivity contribution in [2.45, 2.75) is 49.8 Å². The molecule has 0 saturated heterocycles. The maximum atomic E-state index is 14.0. The second-order valence-corrected chi connectivity index (χ2v) is 13.3. The number of aromatic nitrogens is 2. The molecule has 4 aromatic rings. The van der Waals surface area contributed by atoms with Crippen molar-refractivity contribution in [3.8, 4) is 5.75 Å². The molecule has 0 unspecified atom stereocenters. The normalized spacial score (nSPS) is 14.4. The average molecular weight is 582 g/mol. The van der Waals surface area contributed by atoms with Gasteiger partial charge in [-0.3, -0.25) is 10.2 Å². The summed E-state index contributed by atoms with van der Waals surface area (Å²) >= 11 is 3.64. The fraction of sp³-hybridized carbons (Fsp3) is 0.355. The van der Waals surface area contributed by atoms with Crippen molar-refractivity contribution in [1.29, 1.82) is 5.41 Å². The monoisotopic (exact) mass is 581 g/mol. The van der Waals surface area contributed by atoms with E-state index in [1.807, 2.05) is 87.3 Å². The smallest absolute Gasteiger partial charge is 0.203 e. The number of hydrogen-bond acceptors (Lipinski definition) is 5. The molecule has 0 saturated carbocycles. The molecule has 0 amide bonds. The molecule has 39 heavy (non-hydrogen) atoms. The molecule has 1 aromatic heterocycles. The Bertz CT molecular complexity index is 1550. The summed E-state index contributed by atoms with van der Waals surface area (Å²) in [5.74, 6) is 0.929. The Balaban J connectivity index is 0.00000353. The van der Waals surface area contributed by atoms with E-state index in [9.17, 15) is 4.79 Å². The first kappa shape index (κ1) is 29.4. The lowest BCUT2D eigenvalue weighted by atomic mass is 9.82. The molecule has 0 bridgehead atoms. The van der Waals surface area contributed by atoms with E-state index in [1.54, 1.807) is 0 Å². The third-order valence-corrected chi connectivity index (χ3v) is 10.6. The van der Waals surface area contributed by atoms with E-state index in [0.29, 0.717) is 24.3 Å². The van der Waals surface area contributed by atoms with E-state index in [-0.39, 0.29) is 34.2 Å². The van der Waals surface area contributed by atoms with Gasteiger partial charge in [0.05, 0.1) is 34.8 Å². The van der Waals surface area contributed by atoms with E-state index in [4.69, 9.17) is 10.1 Å². The van der Waals surface area contributed by atoms with Gasteiger partial charge in [-0.1, -0.05) is 63.2 Å². The van der Waals surface area contributed by atoms with Crippen LogP contribution >= 0.6 is 35.9 Å². The van der Waals surface area contributed by atoms with Crippen LogP contribution in [0.25, 0.3) is 11.0 Å². The molecule has 5 nitrogen and oxygen atoms in total. The first-order chi connectivity index (χ1) is 18.2. The molecule has 3 aromatic carbocycles. The summed E-state index contributed by atoms with van der Waals surface area (Å²) in [5.41, 5.74) is 5.95. The zero-order chi connectivity index (χ0) is 27.1. The minimum atomic E-state index is -0.181. The number of nitrogens with one attached hydrogen (secondary N) is 1. The fourth-order valence-electron chi connectivity index (χ4n) is 5.33. The van der Waals surface area contributed by atoms with Crippen LogP contribution in [-0.2, 0) is 22.6 Å². The predicted octanol–water partition coefficient (Wildman–Crippen LogP) is 7.23. The van der Waals surface area contributed by atoms with Gasteiger partial charge in [-0.2, -0.15) is 0 Å². The van der Waals surface area contributed by atoms with Crippen molar-refractivity contribution in [3.63, 3.8) is 0 Å². The second kappa shape index (κ2) is 11.5. The number of hydrogen-bond donors (Lipinski definition) is 1. The Morgan fingerprint density at radius 3 is 2.21 bits per heavy atom. The Hall–Kier alpha value is -2.61. The number of nitrogens with zero attached hydrogens (tertiary/aromatic N) is 2. The Kier molecular flexibility index (Phi) is 8.64. The highest BCUT2D eigenvalue weighted by Crippen LogP contribution is 2.54. The third kappa shape index (κ3) is 5.41. The Morgan fingerprint density at radius 1 is 0.974 bits per heavy atom. The summed E-state index contributed by atoms with van der Waals surface area (Å²) in [4.78, 5) is 14.0. The first-order valence-corrected chi connectivity index (χ1v) is 15.4. The molecule has 0 aliphatic carbocycles. The third-order valence-electron chi connectivity index (χ3n) is 7.43. The summed E-state index contributed by atoms with van der Waals surface area (Å²) in [5, 5.41) is 9.04. The number of para-hydroxylation sites is 2. The molecule has 0 fully saturated rings. The minimum Gasteiger partial charge on any atom is -0.493 e. The lowest BCUT2D eigenvalue weighted by molar-refractivity contribution is 0.0971. The van der Waals surface area contributed by atoms with Crippen LogP contribution < -0.4 is 10.4 Å². The summed E-state index contributed by atoms with van der Waals surface area (Å²) < 4.78 is 9.92. The summed E-state index contributed by atoms with van der Waals surface area (Å²) in [6.45, 7) is 7.86. The highest BCUT2D eigenvalue weighted by Gasteiger charge is 2.40. The number of thioether (sulfide) groups is 2. The van der Waals surface area contributed by atoms with E-state index in [2.05, 4.69) is 45.4 Å². The number of carbonyl (C=O) groups excluding carboxylic acids is 1. The van der Waals surface area contributed by atoms with Gasteiger partial charge in [-0.15, -0.1) is 35.9 Å². The van der Waals surface area contributed by atoms with E-state index in [0.717, 1.165) is 39.9 Å². The molecule has 8 heteroatoms. The number of benzene rings is 3. The predicted molar refractivity (Wildman–Crippen MR) is 167 cm³/mol. The Labute approximate surface area is 245 Å². The quantitative estimate of drug-likeness (QED) is 0.185. The highest BCUT2D eigenvalue weighted by atomic mass is 35.5. The van der Waals surface area contributed by atoms with Crippen LogP contribution in [0.1, 0.15) is 54.2 Å². The lowest BCUT2D eigenvalue weighted by Crippen LogP contribution is -2.30. The summed E-state index contributed by atoms with van der Waals surface area (Å²) in [7, 11) is 0. The number of rotatable bonds is 7. The van der Waals surface area contributed by atoms with Crippen molar-refractivity contribution in [2.75, 3.05) is 19.1 Å². The SMILES string of the molecule is CSC1(SC)CCOc2c(C(C)(C)C)cc(C(=O)Cn3c(=N)n(Cc4ccccc4)c4ccccc43)cc21.Cl. The van der Waals surface area contributed by atoms with E-state index < -0.39 is 0 Å². The number of Topliss-reactive ketones (excluding diaryl/α,β-unsaturated/α-hetero) is 1. The molecular weight excluding hydrogens is 546 g/mol. The van der Waals surface area contributed by atoms with Crippen LogP contribution in [0.2, 0.25) is 0 Å². The van der Waals surface area contributed by atoms with Crippen LogP contribution in [-0.4, -0.2) is 34.0 Å². The number of carbonyl (C=O) groups is 1. The number of ether oxygens (including phenoxy) is 1. The highest BCUT2D eigenvalue weighted by molar-refractivity contribution is 8.16. The Morgan fingerprint density at radius 2 is 1.59 bits per heavy atom. The lowest BCUT2D eigenvalue weighted by Gasteiger charge is -2.39. The number of ketones is 1. The van der Waals surface area contributed by atoms with Crippen molar-refractivity contribution < 1.29 is 9.53 Å². The molecule has 2 heterocycles. The van der Waals surface area contributed by atoms with Crippen LogP contribution in [0.5, 0.6) is 5.75 Å². The maximum absolute atomic E-state index is 14.0. The summed E-state index contributed by atoms with van der Waals surface area (Å²) in [6.07, 6.45) is 5.17. The van der Waals surface area contributed by atoms with Crippen molar-refractivity contribution in [2.24, 2.45) is 0 Å². The van der Waals surface area contributed by atoms with Gasteiger partial charge in [0.25, 0.3) is 0 Å². The maximum Gasteiger partial charge on any atom is 0.203 e. The largest absolute Gasteiger partial charge is 0.493 e. The molecule has 0 atom stereocenters. The van der Waals surface area contributed by atoms with Gasteiger partial charge in [0, 0.05) is 23.1 Å². The van der Waals surface area contributed by atoms with Gasteiger partial charge in [0.1, 0.15) is 5.75 Å². The van der Waals surface area contributed by atoms with Gasteiger partial charge in [-0.05, 0) is 47.8 Å². The molecule has 1 N–H and O–H groups in total. The second-order valence-electron chi connectivity index (χ2n) is 10.8. The van der Waals surface area contributed by atoms with Gasteiger partial charge in [-0.25, -0.2) is 0 Å². The molecule has 1 aliphatic rings. The van der Waals surface area contributed by atoms with E-state index in [1.165, 1.54) is 0 Å². The standard InChI is InChI=1S/C31H35N3O2S2.ClH/c1-30(2,3)23-17-22(18-24-28(23)36-16-15-31(24,37-4)38-5)27(35)20-34-26-14-10-9-13-25(26)33(29(34)32)19-21-11-7-6-8-12-21;/h6-14,17-18,32H,15-16,19-20H2,1-5H3;1H. The fourth-order valence-corrected chi connectivity index (χ4v) is 7.32. The van der Waals surface area contributed by atoms with Crippen LogP contribution in [0.4, 0.5) is 0 Å². The molecule has 0 spiro atoms. The zero-order valence-corrected chi connectivity index (χ0v) is 25.6. The van der Waals surface area contributed by atoms with Crippen LogP contribution in [0.3, 0.4) is 0 Å². The van der Waals surface area contributed by atoms with Crippen LogP contribution in [0, 0.1) is 5.41 Å². The molecule has 206 valence electrons. The average Bonchev–Trinajstić information content (AvgIpc) is 3.18. The molecule has 1 aliphatic heterocycles. The number of fused-ring (bicyclic) bond motifs is 2. The van der Waals surface area contributed by atoms with Gasteiger partial charge >= 0.3 is 0 Å². The van der Waals surface area contributed by atoms with Gasteiger partial charge in [0.15, 0.2) is 5.78 Å². The zero-order valence-electron chi connectivity index (χ0n) is 23.1. The summed E-state index contributed by atoms with van der Waals surface area (Å²) in [6, 6.07) is 22.2. The molecule has 5 rings (SSSR count). The minimum absolute atomic E-state index is 0. The van der Waals surface area contributed by atoms with Crippen molar-refractivity contribution in [3.05, 3.63) is 94.6 Å².